The number of thioether (sulfide) groups is 4. The van der Waals surface area contributed by atoms with Gasteiger partial charge in [-0.2, -0.15) is 0 Å². The highest BCUT2D eigenvalue weighted by Gasteiger charge is 2.31. The van der Waals surface area contributed by atoms with Crippen LogP contribution in [0.15, 0.2) is 141 Å². The molecule has 0 aliphatic rings. The van der Waals surface area contributed by atoms with Crippen LogP contribution in [0.5, 0.6) is 0 Å². The van der Waals surface area contributed by atoms with Gasteiger partial charge in [0.25, 0.3) is 0 Å². The largest absolute Gasteiger partial charge is 0.125 e. The van der Waals surface area contributed by atoms with E-state index in [0.29, 0.717) is 0 Å². The van der Waals surface area contributed by atoms with Gasteiger partial charge in [0.1, 0.15) is 0 Å². The molecule has 0 fully saturated rings. The third-order valence-electron chi connectivity index (χ3n) is 5.15. The molecule has 0 bridgehead atoms. The fraction of sp³-hybridized carbons (Fsp3) is 0.172. The first-order chi connectivity index (χ1) is 16.3. The van der Waals surface area contributed by atoms with Gasteiger partial charge in [-0.25, -0.2) is 0 Å². The van der Waals surface area contributed by atoms with Crippen molar-refractivity contribution in [2.24, 2.45) is 5.41 Å². The van der Waals surface area contributed by atoms with Crippen LogP contribution in [-0.4, -0.2) is 23.0 Å². The van der Waals surface area contributed by atoms with E-state index in [1.165, 1.54) is 19.6 Å². The smallest absolute Gasteiger partial charge is 0.00789 e. The van der Waals surface area contributed by atoms with Gasteiger partial charge >= 0.3 is 0 Å². The van der Waals surface area contributed by atoms with Gasteiger partial charge in [-0.05, 0) is 48.5 Å². The standard InChI is InChI=1S/C29H28S4/c1-5-13-25(14-6-1)30-21-29(22-31-26-15-7-2-8-16-26,23-32-27-17-9-3-10-18-27)24-33-28-19-11-4-12-20-28/h1-20H,21-24H2. The maximum Gasteiger partial charge on any atom is 0.00789 e. The summed E-state index contributed by atoms with van der Waals surface area (Å²) in [6.45, 7) is 0. The monoisotopic (exact) mass is 504 g/mol. The molecule has 0 radical (unpaired) electrons. The van der Waals surface area contributed by atoms with E-state index in [9.17, 15) is 0 Å². The average molecular weight is 505 g/mol. The second-order valence-corrected chi connectivity index (χ2v) is 12.1. The van der Waals surface area contributed by atoms with E-state index in [2.05, 4.69) is 121 Å². The van der Waals surface area contributed by atoms with E-state index in [1.54, 1.807) is 0 Å². The van der Waals surface area contributed by atoms with Crippen LogP contribution in [0.25, 0.3) is 0 Å². The van der Waals surface area contributed by atoms with Crippen molar-refractivity contribution in [2.45, 2.75) is 19.6 Å². The zero-order valence-corrected chi connectivity index (χ0v) is 21.8. The van der Waals surface area contributed by atoms with Crippen LogP contribution in [0.2, 0.25) is 0 Å². The summed E-state index contributed by atoms with van der Waals surface area (Å²) in [5.41, 5.74) is 0.169. The van der Waals surface area contributed by atoms with E-state index in [1.807, 2.05) is 47.0 Å². The van der Waals surface area contributed by atoms with E-state index < -0.39 is 0 Å². The second kappa shape index (κ2) is 13.2. The molecule has 0 saturated heterocycles. The molecule has 0 unspecified atom stereocenters. The number of hydrogen-bond donors (Lipinski definition) is 0. The number of rotatable bonds is 12. The van der Waals surface area contributed by atoms with Gasteiger partial charge in [0, 0.05) is 48.0 Å². The molecule has 0 N–H and O–H groups in total. The lowest BCUT2D eigenvalue weighted by atomic mass is 9.99. The van der Waals surface area contributed by atoms with Crippen molar-refractivity contribution >= 4 is 47.0 Å². The zero-order valence-electron chi connectivity index (χ0n) is 18.5. The zero-order chi connectivity index (χ0) is 22.6. The van der Waals surface area contributed by atoms with Crippen molar-refractivity contribution in [1.82, 2.24) is 0 Å². The first kappa shape index (κ1) is 24.4. The minimum absolute atomic E-state index is 0.169. The fourth-order valence-corrected chi connectivity index (χ4v) is 8.55. The third kappa shape index (κ3) is 8.22. The van der Waals surface area contributed by atoms with Gasteiger partial charge in [-0.3, -0.25) is 0 Å². The summed E-state index contributed by atoms with van der Waals surface area (Å²) < 4.78 is 0. The molecule has 4 aromatic rings. The Labute approximate surface area is 215 Å². The molecule has 0 atom stereocenters. The quantitative estimate of drug-likeness (QED) is 0.176. The molecule has 4 heteroatoms. The van der Waals surface area contributed by atoms with Gasteiger partial charge in [0.2, 0.25) is 0 Å². The van der Waals surface area contributed by atoms with Crippen molar-refractivity contribution in [3.8, 4) is 0 Å². The average Bonchev–Trinajstić information content (AvgIpc) is 2.90. The van der Waals surface area contributed by atoms with E-state index >= 15 is 0 Å². The SMILES string of the molecule is c1ccc(SCC(CSc2ccccc2)(CSc2ccccc2)CSc2ccccc2)cc1. The van der Waals surface area contributed by atoms with Crippen molar-refractivity contribution in [2.75, 3.05) is 23.0 Å². The Kier molecular flexibility index (Phi) is 9.79. The van der Waals surface area contributed by atoms with E-state index in [-0.39, 0.29) is 5.41 Å². The Morgan fingerprint density at radius 1 is 0.333 bits per heavy atom. The molecule has 0 amide bonds. The summed E-state index contributed by atoms with van der Waals surface area (Å²) in [5, 5.41) is 0. The Morgan fingerprint density at radius 2 is 0.545 bits per heavy atom. The lowest BCUT2D eigenvalue weighted by Gasteiger charge is -2.33. The maximum absolute atomic E-state index is 2.23. The highest BCUT2D eigenvalue weighted by atomic mass is 32.2. The van der Waals surface area contributed by atoms with Crippen LogP contribution in [0, 0.1) is 5.41 Å². The lowest BCUT2D eigenvalue weighted by Crippen LogP contribution is -2.33. The van der Waals surface area contributed by atoms with Crippen molar-refractivity contribution < 1.29 is 0 Å². The molecular formula is C29H28S4. The van der Waals surface area contributed by atoms with Crippen LogP contribution < -0.4 is 0 Å². The van der Waals surface area contributed by atoms with Gasteiger partial charge in [-0.1, -0.05) is 72.8 Å². The first-order valence-corrected chi connectivity index (χ1v) is 15.0. The lowest BCUT2D eigenvalue weighted by molar-refractivity contribution is 0.515. The Bertz CT molecular complexity index is 874. The highest BCUT2D eigenvalue weighted by molar-refractivity contribution is 8.02. The summed E-state index contributed by atoms with van der Waals surface area (Å²) in [6.07, 6.45) is 0. The summed E-state index contributed by atoms with van der Waals surface area (Å²) in [7, 11) is 0. The minimum atomic E-state index is 0.169. The Hall–Kier alpha value is -1.72. The Morgan fingerprint density at radius 3 is 0.758 bits per heavy atom. The summed E-state index contributed by atoms with van der Waals surface area (Å²) in [4.78, 5) is 5.39. The van der Waals surface area contributed by atoms with E-state index in [4.69, 9.17) is 0 Å². The molecule has 33 heavy (non-hydrogen) atoms. The number of hydrogen-bond acceptors (Lipinski definition) is 4. The van der Waals surface area contributed by atoms with Crippen LogP contribution in [0.3, 0.4) is 0 Å². The normalized spacial score (nSPS) is 11.4. The minimum Gasteiger partial charge on any atom is -0.125 e. The predicted octanol–water partition coefficient (Wildman–Crippen LogP) is 9.14. The molecule has 0 aliphatic carbocycles. The van der Waals surface area contributed by atoms with Gasteiger partial charge in [-0.15, -0.1) is 47.0 Å². The molecule has 4 rings (SSSR count). The van der Waals surface area contributed by atoms with Crippen LogP contribution in [-0.2, 0) is 0 Å². The summed E-state index contributed by atoms with van der Waals surface area (Å²) >= 11 is 7.97. The van der Waals surface area contributed by atoms with Crippen molar-refractivity contribution in [3.05, 3.63) is 121 Å². The van der Waals surface area contributed by atoms with Crippen LogP contribution in [0.1, 0.15) is 0 Å². The van der Waals surface area contributed by atoms with Gasteiger partial charge < -0.3 is 0 Å². The number of benzene rings is 4. The second-order valence-electron chi connectivity index (χ2n) is 7.91. The molecule has 0 aliphatic heterocycles. The molecule has 0 saturated carbocycles. The summed E-state index contributed by atoms with van der Waals surface area (Å²) in [6, 6.07) is 43.3. The third-order valence-corrected chi connectivity index (χ3v) is 10.6. The molecule has 0 aromatic heterocycles. The Balaban J connectivity index is 1.56. The topological polar surface area (TPSA) is 0 Å². The van der Waals surface area contributed by atoms with Crippen LogP contribution >= 0.6 is 47.0 Å². The van der Waals surface area contributed by atoms with Gasteiger partial charge in [0.05, 0.1) is 0 Å². The van der Waals surface area contributed by atoms with Crippen molar-refractivity contribution in [1.29, 1.82) is 0 Å². The molecule has 168 valence electrons. The van der Waals surface area contributed by atoms with Crippen LogP contribution in [0.4, 0.5) is 0 Å². The van der Waals surface area contributed by atoms with Gasteiger partial charge in [0.15, 0.2) is 0 Å². The molecule has 0 spiro atoms. The predicted molar refractivity (Wildman–Crippen MR) is 151 cm³/mol. The first-order valence-electron chi connectivity index (χ1n) is 11.0. The highest BCUT2D eigenvalue weighted by Crippen LogP contribution is 2.41. The molecule has 4 aromatic carbocycles. The van der Waals surface area contributed by atoms with E-state index in [0.717, 1.165) is 23.0 Å². The molecular weight excluding hydrogens is 477 g/mol. The summed E-state index contributed by atoms with van der Waals surface area (Å²) in [5.74, 6) is 4.38. The molecule has 0 nitrogen and oxygen atoms in total. The molecule has 0 heterocycles. The maximum atomic E-state index is 2.23. The van der Waals surface area contributed by atoms with Crippen molar-refractivity contribution in [3.63, 3.8) is 0 Å². The fourth-order valence-electron chi connectivity index (χ4n) is 3.26.